The first-order valence-electron chi connectivity index (χ1n) is 4.86. The maximum absolute atomic E-state index is 11.4. The van der Waals surface area contributed by atoms with E-state index in [1.54, 1.807) is 38.2 Å². The molecule has 0 unspecified atom stereocenters. The largest absolute Gasteiger partial charge is 0.390 e. The molecule has 1 rings (SSSR count). The van der Waals surface area contributed by atoms with Crippen molar-refractivity contribution < 1.29 is 19.4 Å². The summed E-state index contributed by atoms with van der Waals surface area (Å²) in [6, 6.07) is 0. The van der Waals surface area contributed by atoms with Gasteiger partial charge in [-0.15, -0.1) is 0 Å². The summed E-state index contributed by atoms with van der Waals surface area (Å²) in [6.45, 7) is 4.36. The van der Waals surface area contributed by atoms with Crippen molar-refractivity contribution in [1.82, 2.24) is 0 Å². The fourth-order valence-corrected chi connectivity index (χ4v) is 1.20. The molecule has 4 nitrogen and oxygen atoms in total. The summed E-state index contributed by atoms with van der Waals surface area (Å²) in [4.78, 5) is 22.0. The molecule has 0 heterocycles. The summed E-state index contributed by atoms with van der Waals surface area (Å²) in [5.41, 5.74) is -0.0372. The van der Waals surface area contributed by atoms with Gasteiger partial charge < -0.3 is 9.84 Å². The number of esters is 2. The first-order chi connectivity index (χ1) is 7.32. The molecule has 0 spiro atoms. The lowest BCUT2D eigenvalue weighted by atomic mass is 9.95. The van der Waals surface area contributed by atoms with Gasteiger partial charge in [0.15, 0.2) is 0 Å². The first-order valence-corrected chi connectivity index (χ1v) is 4.86. The number of aliphatic hydroxyl groups is 1. The second-order valence-corrected chi connectivity index (χ2v) is 3.85. The van der Waals surface area contributed by atoms with Gasteiger partial charge >= 0.3 is 11.9 Å². The Morgan fingerprint density at radius 1 is 1.25 bits per heavy atom. The van der Waals surface area contributed by atoms with E-state index in [2.05, 4.69) is 4.74 Å². The minimum Gasteiger partial charge on any atom is -0.390 e. The van der Waals surface area contributed by atoms with Gasteiger partial charge in [-0.05, 0) is 31.6 Å². The minimum atomic E-state index is -0.992. The molecule has 1 N–H and O–H groups in total. The molecule has 16 heavy (non-hydrogen) atoms. The van der Waals surface area contributed by atoms with E-state index in [1.807, 2.05) is 0 Å². The standard InChI is InChI=1S/C12H14O4/c1-8(11(14)16-9(2)13)10-4-6-12(3,15)7-5-10/h4-7,15H,1-3H3. The molecule has 0 saturated carbocycles. The Morgan fingerprint density at radius 2 is 1.75 bits per heavy atom. The number of ether oxygens (including phenoxy) is 1. The third-order valence-electron chi connectivity index (χ3n) is 2.18. The van der Waals surface area contributed by atoms with Gasteiger partial charge in [0.05, 0.1) is 5.60 Å². The Hall–Kier alpha value is -1.68. The average Bonchev–Trinajstić information content (AvgIpc) is 2.15. The molecule has 0 fully saturated rings. The molecule has 0 aliphatic heterocycles. The molecule has 1 aliphatic rings. The second kappa shape index (κ2) is 4.45. The second-order valence-electron chi connectivity index (χ2n) is 3.85. The van der Waals surface area contributed by atoms with E-state index in [1.165, 1.54) is 6.92 Å². The maximum atomic E-state index is 11.4. The number of rotatable bonds is 1. The highest BCUT2D eigenvalue weighted by Gasteiger charge is 2.18. The molecule has 0 radical (unpaired) electrons. The zero-order valence-electron chi connectivity index (χ0n) is 9.48. The molecule has 0 aromatic heterocycles. The Morgan fingerprint density at radius 3 is 2.19 bits per heavy atom. The number of allylic oxidation sites excluding steroid dienone is 3. The van der Waals surface area contributed by atoms with Gasteiger partial charge in [-0.25, -0.2) is 4.79 Å². The summed E-state index contributed by atoms with van der Waals surface area (Å²) in [5, 5.41) is 9.59. The highest BCUT2D eigenvalue weighted by Crippen LogP contribution is 2.20. The normalized spacial score (nSPS) is 23.1. The minimum absolute atomic E-state index is 0.332. The Kier molecular flexibility index (Phi) is 3.44. The highest BCUT2D eigenvalue weighted by atomic mass is 16.6. The molecule has 0 bridgehead atoms. The van der Waals surface area contributed by atoms with Crippen LogP contribution in [0.2, 0.25) is 0 Å². The van der Waals surface area contributed by atoms with Crippen LogP contribution in [0.15, 0.2) is 35.5 Å². The maximum Gasteiger partial charge on any atom is 0.341 e. The van der Waals surface area contributed by atoms with Crippen LogP contribution in [-0.2, 0) is 14.3 Å². The molecular weight excluding hydrogens is 208 g/mol. The third kappa shape index (κ3) is 3.17. The van der Waals surface area contributed by atoms with Crippen LogP contribution in [-0.4, -0.2) is 22.6 Å². The van der Waals surface area contributed by atoms with E-state index in [9.17, 15) is 14.7 Å². The number of hydrogen-bond donors (Lipinski definition) is 1. The lowest BCUT2D eigenvalue weighted by Crippen LogP contribution is -2.19. The fraction of sp³-hybridized carbons (Fsp3) is 0.333. The smallest absolute Gasteiger partial charge is 0.341 e. The van der Waals surface area contributed by atoms with E-state index >= 15 is 0 Å². The topological polar surface area (TPSA) is 63.6 Å². The zero-order valence-corrected chi connectivity index (χ0v) is 9.48. The van der Waals surface area contributed by atoms with Gasteiger partial charge in [-0.1, -0.05) is 12.2 Å². The van der Waals surface area contributed by atoms with Crippen molar-refractivity contribution in [2.75, 3.05) is 0 Å². The van der Waals surface area contributed by atoms with Crippen molar-refractivity contribution >= 4 is 11.9 Å². The lowest BCUT2D eigenvalue weighted by molar-refractivity contribution is -0.155. The number of carbonyl (C=O) groups is 2. The van der Waals surface area contributed by atoms with Gasteiger partial charge in [0, 0.05) is 12.5 Å². The monoisotopic (exact) mass is 222 g/mol. The van der Waals surface area contributed by atoms with E-state index in [4.69, 9.17) is 0 Å². The molecule has 0 amide bonds. The van der Waals surface area contributed by atoms with E-state index in [0.717, 1.165) is 0 Å². The molecule has 1 aliphatic carbocycles. The van der Waals surface area contributed by atoms with Crippen LogP contribution in [0.25, 0.3) is 0 Å². The van der Waals surface area contributed by atoms with E-state index < -0.39 is 17.5 Å². The van der Waals surface area contributed by atoms with Crippen LogP contribution in [0.4, 0.5) is 0 Å². The Labute approximate surface area is 93.9 Å². The number of carbonyl (C=O) groups excluding carboxylic acids is 2. The van der Waals surface area contributed by atoms with Crippen molar-refractivity contribution in [3.05, 3.63) is 35.5 Å². The average molecular weight is 222 g/mol. The highest BCUT2D eigenvalue weighted by molar-refractivity contribution is 5.96. The molecular formula is C12H14O4. The summed E-state index contributed by atoms with van der Waals surface area (Å²) in [5.74, 6) is -1.31. The van der Waals surface area contributed by atoms with Gasteiger partial charge in [0.2, 0.25) is 0 Å². The lowest BCUT2D eigenvalue weighted by Gasteiger charge is -2.18. The molecule has 4 heteroatoms. The van der Waals surface area contributed by atoms with Crippen molar-refractivity contribution in [2.24, 2.45) is 0 Å². The van der Waals surface area contributed by atoms with Crippen LogP contribution >= 0.6 is 0 Å². The van der Waals surface area contributed by atoms with E-state index in [-0.39, 0.29) is 0 Å². The molecule has 0 saturated heterocycles. The predicted molar refractivity (Wildman–Crippen MR) is 58.4 cm³/mol. The van der Waals surface area contributed by atoms with Gasteiger partial charge in [0.25, 0.3) is 0 Å². The van der Waals surface area contributed by atoms with Crippen molar-refractivity contribution in [2.45, 2.75) is 26.4 Å². The predicted octanol–water partition coefficient (Wildman–Crippen LogP) is 1.27. The zero-order chi connectivity index (χ0) is 12.3. The summed E-state index contributed by atoms with van der Waals surface area (Å²) < 4.78 is 4.45. The van der Waals surface area contributed by atoms with Crippen molar-refractivity contribution in [3.63, 3.8) is 0 Å². The quantitative estimate of drug-likeness (QED) is 0.412. The molecule has 86 valence electrons. The van der Waals surface area contributed by atoms with Crippen LogP contribution in [0.3, 0.4) is 0 Å². The Bertz CT molecular complexity index is 393. The van der Waals surface area contributed by atoms with Crippen LogP contribution in [0.5, 0.6) is 0 Å². The molecule has 0 aromatic carbocycles. The summed E-state index contributed by atoms with van der Waals surface area (Å²) >= 11 is 0. The third-order valence-corrected chi connectivity index (χ3v) is 2.18. The first kappa shape index (κ1) is 12.4. The summed E-state index contributed by atoms with van der Waals surface area (Å²) in [6.07, 6.45) is 6.37. The molecule has 0 atom stereocenters. The van der Waals surface area contributed by atoms with Crippen LogP contribution < -0.4 is 0 Å². The van der Waals surface area contributed by atoms with Crippen LogP contribution in [0, 0.1) is 0 Å². The van der Waals surface area contributed by atoms with Crippen molar-refractivity contribution in [1.29, 1.82) is 0 Å². The van der Waals surface area contributed by atoms with Crippen molar-refractivity contribution in [3.8, 4) is 0 Å². The fourth-order valence-electron chi connectivity index (χ4n) is 1.20. The molecule has 0 aromatic rings. The SMILES string of the molecule is CC(=O)OC(=O)C(C)=C1C=CC(C)(O)C=C1. The number of hydrogen-bond acceptors (Lipinski definition) is 4. The summed E-state index contributed by atoms with van der Waals surface area (Å²) in [7, 11) is 0. The van der Waals surface area contributed by atoms with Gasteiger partial charge in [-0.2, -0.15) is 0 Å². The van der Waals surface area contributed by atoms with Gasteiger partial charge in [-0.3, -0.25) is 4.79 Å². The van der Waals surface area contributed by atoms with Crippen LogP contribution in [0.1, 0.15) is 20.8 Å². The van der Waals surface area contributed by atoms with Gasteiger partial charge in [0.1, 0.15) is 0 Å². The van der Waals surface area contributed by atoms with E-state index in [0.29, 0.717) is 11.1 Å². The Balaban J connectivity index is 2.88.